The number of carbonyl (C=O) groups is 1. The van der Waals surface area contributed by atoms with Crippen molar-refractivity contribution in [2.75, 3.05) is 10.6 Å². The van der Waals surface area contributed by atoms with E-state index in [4.69, 9.17) is 11.6 Å². The van der Waals surface area contributed by atoms with Crippen LogP contribution in [0.4, 0.5) is 5.69 Å². The van der Waals surface area contributed by atoms with Crippen molar-refractivity contribution in [2.45, 2.75) is 36.2 Å². The molecular formula is C30H29ClN2O5S2. The molecule has 0 saturated heterocycles. The van der Waals surface area contributed by atoms with Crippen molar-refractivity contribution >= 4 is 43.1 Å². The van der Waals surface area contributed by atoms with Crippen LogP contribution >= 0.6 is 11.6 Å². The van der Waals surface area contributed by atoms with Gasteiger partial charge in [0.1, 0.15) is 0 Å². The highest BCUT2D eigenvalue weighted by Gasteiger charge is 2.26. The van der Waals surface area contributed by atoms with Crippen molar-refractivity contribution in [2.24, 2.45) is 0 Å². The number of aryl methyl sites for hydroxylation is 1. The normalized spacial score (nSPS) is 12.5. The number of nitrogens with zero attached hydrogens (tertiary/aromatic N) is 1. The van der Waals surface area contributed by atoms with Gasteiger partial charge in [-0.25, -0.2) is 16.8 Å². The molecule has 4 aromatic carbocycles. The van der Waals surface area contributed by atoms with Crippen LogP contribution in [0.5, 0.6) is 0 Å². The number of sulfone groups is 1. The molecule has 1 amide bonds. The zero-order valence-corrected chi connectivity index (χ0v) is 24.6. The van der Waals surface area contributed by atoms with E-state index in [9.17, 15) is 21.6 Å². The maximum Gasteiger partial charge on any atom is 0.264 e. The largest absolute Gasteiger partial charge is 0.346 e. The van der Waals surface area contributed by atoms with Gasteiger partial charge in [-0.1, -0.05) is 60.1 Å². The molecule has 0 aromatic heterocycles. The SMILES string of the molecule is Cc1ccc(Cl)cc1N(Cc1ccc(C(=O)N[C@H](C)c2ccc(S(C)(=O)=O)cc2)cc1)S(=O)(=O)c1ccccc1. The summed E-state index contributed by atoms with van der Waals surface area (Å²) in [5, 5.41) is 3.32. The Morgan fingerprint density at radius 3 is 2.08 bits per heavy atom. The van der Waals surface area contributed by atoms with Gasteiger partial charge in [-0.3, -0.25) is 9.10 Å². The molecule has 1 N–H and O–H groups in total. The smallest absolute Gasteiger partial charge is 0.264 e. The van der Waals surface area contributed by atoms with Crippen LogP contribution in [0.15, 0.2) is 107 Å². The lowest BCUT2D eigenvalue weighted by molar-refractivity contribution is 0.0940. The second-order valence-electron chi connectivity index (χ2n) is 9.49. The van der Waals surface area contributed by atoms with E-state index in [1.807, 2.05) is 6.92 Å². The molecule has 0 aliphatic heterocycles. The number of amides is 1. The minimum Gasteiger partial charge on any atom is -0.346 e. The number of benzene rings is 4. The molecule has 40 heavy (non-hydrogen) atoms. The van der Waals surface area contributed by atoms with E-state index < -0.39 is 19.9 Å². The molecule has 208 valence electrons. The van der Waals surface area contributed by atoms with Gasteiger partial charge in [0.15, 0.2) is 9.84 Å². The van der Waals surface area contributed by atoms with Crippen LogP contribution in [0.3, 0.4) is 0 Å². The highest BCUT2D eigenvalue weighted by Crippen LogP contribution is 2.31. The zero-order chi connectivity index (χ0) is 29.1. The molecule has 0 heterocycles. The summed E-state index contributed by atoms with van der Waals surface area (Å²) in [4.78, 5) is 13.3. The first-order valence-corrected chi connectivity index (χ1v) is 16.1. The number of carbonyl (C=O) groups excluding carboxylic acids is 1. The highest BCUT2D eigenvalue weighted by molar-refractivity contribution is 7.92. The standard InChI is InChI=1S/C30H29ClN2O5S2/c1-21-9-16-26(31)19-29(21)33(40(37,38)28-7-5-4-6-8-28)20-23-10-12-25(13-11-23)30(34)32-22(2)24-14-17-27(18-15-24)39(3,35)36/h4-19,22H,20H2,1-3H3,(H,32,34)/t22-/m1/s1. The van der Waals surface area contributed by atoms with Crippen LogP contribution in [-0.2, 0) is 26.4 Å². The number of halogens is 1. The van der Waals surface area contributed by atoms with Gasteiger partial charge in [0, 0.05) is 16.8 Å². The van der Waals surface area contributed by atoms with E-state index in [1.165, 1.54) is 16.4 Å². The van der Waals surface area contributed by atoms with Crippen LogP contribution in [0.2, 0.25) is 5.02 Å². The summed E-state index contributed by atoms with van der Waals surface area (Å²) in [5.41, 5.74) is 3.06. The topological polar surface area (TPSA) is 101 Å². The third kappa shape index (κ3) is 6.72. The lowest BCUT2D eigenvalue weighted by Crippen LogP contribution is -2.31. The first-order valence-electron chi connectivity index (χ1n) is 12.4. The van der Waals surface area contributed by atoms with E-state index in [1.54, 1.807) is 91.9 Å². The van der Waals surface area contributed by atoms with Gasteiger partial charge in [0.2, 0.25) is 0 Å². The van der Waals surface area contributed by atoms with E-state index in [0.717, 1.165) is 17.4 Å². The molecular weight excluding hydrogens is 568 g/mol. The zero-order valence-electron chi connectivity index (χ0n) is 22.2. The summed E-state index contributed by atoms with van der Waals surface area (Å²) in [5.74, 6) is -0.314. The highest BCUT2D eigenvalue weighted by atomic mass is 35.5. The van der Waals surface area contributed by atoms with Gasteiger partial charge in [0.05, 0.1) is 28.1 Å². The number of nitrogens with one attached hydrogen (secondary N) is 1. The Morgan fingerprint density at radius 1 is 0.850 bits per heavy atom. The van der Waals surface area contributed by atoms with Gasteiger partial charge in [0.25, 0.3) is 15.9 Å². The van der Waals surface area contributed by atoms with Crippen molar-refractivity contribution in [3.63, 3.8) is 0 Å². The van der Waals surface area contributed by atoms with Gasteiger partial charge < -0.3 is 5.32 Å². The molecule has 0 aliphatic rings. The summed E-state index contributed by atoms with van der Waals surface area (Å²) in [6, 6.07) is 26.0. The number of hydrogen-bond acceptors (Lipinski definition) is 5. The summed E-state index contributed by atoms with van der Waals surface area (Å²) in [6.45, 7) is 3.66. The summed E-state index contributed by atoms with van der Waals surface area (Å²) >= 11 is 6.24. The molecule has 0 radical (unpaired) electrons. The average molecular weight is 597 g/mol. The van der Waals surface area contributed by atoms with Crippen LogP contribution in [-0.4, -0.2) is 29.0 Å². The average Bonchev–Trinajstić information content (AvgIpc) is 2.93. The monoisotopic (exact) mass is 596 g/mol. The van der Waals surface area contributed by atoms with Crippen LogP contribution in [0, 0.1) is 6.92 Å². The van der Waals surface area contributed by atoms with E-state index in [-0.39, 0.29) is 28.3 Å². The molecule has 4 rings (SSSR count). The third-order valence-electron chi connectivity index (χ3n) is 6.47. The molecule has 0 fully saturated rings. The minimum absolute atomic E-state index is 0.0311. The Kier molecular flexibility index (Phi) is 8.68. The predicted molar refractivity (Wildman–Crippen MR) is 158 cm³/mol. The minimum atomic E-state index is -3.92. The van der Waals surface area contributed by atoms with E-state index in [0.29, 0.717) is 21.8 Å². The predicted octanol–water partition coefficient (Wildman–Crippen LogP) is 5.94. The Labute approximate surface area is 240 Å². The fourth-order valence-corrected chi connectivity index (χ4v) is 6.49. The quantitative estimate of drug-likeness (QED) is 0.258. The molecule has 0 unspecified atom stereocenters. The van der Waals surface area contributed by atoms with Crippen LogP contribution in [0.1, 0.15) is 40.0 Å². The summed E-state index contributed by atoms with van der Waals surface area (Å²) < 4.78 is 52.1. The van der Waals surface area contributed by atoms with Crippen molar-refractivity contribution in [1.29, 1.82) is 0 Å². The van der Waals surface area contributed by atoms with Gasteiger partial charge in [-0.05, 0) is 79.1 Å². The number of rotatable bonds is 9. The first-order chi connectivity index (χ1) is 18.9. The number of hydrogen-bond donors (Lipinski definition) is 1. The molecule has 10 heteroatoms. The van der Waals surface area contributed by atoms with Crippen molar-refractivity contribution in [3.05, 3.63) is 124 Å². The lowest BCUT2D eigenvalue weighted by Gasteiger charge is -2.26. The number of anilines is 1. The van der Waals surface area contributed by atoms with Crippen molar-refractivity contribution < 1.29 is 21.6 Å². The fourth-order valence-electron chi connectivity index (χ4n) is 4.16. The Hall–Kier alpha value is -3.66. The maximum atomic E-state index is 13.7. The van der Waals surface area contributed by atoms with E-state index >= 15 is 0 Å². The fraction of sp³-hybridized carbons (Fsp3) is 0.167. The van der Waals surface area contributed by atoms with Crippen LogP contribution < -0.4 is 9.62 Å². The molecule has 7 nitrogen and oxygen atoms in total. The summed E-state index contributed by atoms with van der Waals surface area (Å²) in [6.07, 6.45) is 1.14. The molecule has 0 bridgehead atoms. The van der Waals surface area contributed by atoms with Crippen molar-refractivity contribution in [1.82, 2.24) is 5.32 Å². The number of sulfonamides is 1. The molecule has 0 spiro atoms. The Bertz CT molecular complexity index is 1720. The Morgan fingerprint density at radius 2 is 1.48 bits per heavy atom. The molecule has 0 saturated carbocycles. The molecule has 4 aromatic rings. The first kappa shape index (κ1) is 29.3. The van der Waals surface area contributed by atoms with Crippen molar-refractivity contribution in [3.8, 4) is 0 Å². The second-order valence-corrected chi connectivity index (χ2v) is 13.8. The van der Waals surface area contributed by atoms with Gasteiger partial charge >= 0.3 is 0 Å². The van der Waals surface area contributed by atoms with Crippen LogP contribution in [0.25, 0.3) is 0 Å². The Balaban J connectivity index is 1.55. The van der Waals surface area contributed by atoms with E-state index in [2.05, 4.69) is 5.32 Å². The lowest BCUT2D eigenvalue weighted by atomic mass is 10.1. The molecule has 1 atom stereocenters. The molecule has 0 aliphatic carbocycles. The third-order valence-corrected chi connectivity index (χ3v) is 9.61. The van der Waals surface area contributed by atoms with Gasteiger partial charge in [-0.2, -0.15) is 0 Å². The maximum absolute atomic E-state index is 13.7. The second kappa shape index (κ2) is 11.8. The summed E-state index contributed by atoms with van der Waals surface area (Å²) in [7, 11) is -7.23. The van der Waals surface area contributed by atoms with Gasteiger partial charge in [-0.15, -0.1) is 0 Å².